The fraction of sp³-hybridized carbons (Fsp3) is 1.00. The van der Waals surface area contributed by atoms with E-state index in [0.717, 1.165) is 13.0 Å². The molecule has 2 fully saturated rings. The average molecular weight is 175 g/mol. The molecular formula is C7H13NO2S. The molecule has 1 atom stereocenters. The molecule has 0 aliphatic carbocycles. The first kappa shape index (κ1) is 7.55. The predicted octanol–water partition coefficient (Wildman–Crippen LogP) is -0.217. The Morgan fingerprint density at radius 1 is 1.45 bits per heavy atom. The predicted molar refractivity (Wildman–Crippen MR) is 43.2 cm³/mol. The van der Waals surface area contributed by atoms with Gasteiger partial charge in [0.1, 0.15) is 0 Å². The lowest BCUT2D eigenvalue weighted by molar-refractivity contribution is 0.304. The van der Waals surface area contributed by atoms with E-state index in [0.29, 0.717) is 17.5 Å². The van der Waals surface area contributed by atoms with Crippen molar-refractivity contribution in [2.75, 3.05) is 18.1 Å². The fourth-order valence-corrected chi connectivity index (χ4v) is 4.65. The van der Waals surface area contributed by atoms with Crippen LogP contribution in [-0.2, 0) is 9.84 Å². The summed E-state index contributed by atoms with van der Waals surface area (Å²) >= 11 is 0. The second-order valence-corrected chi connectivity index (χ2v) is 5.88. The van der Waals surface area contributed by atoms with Crippen molar-refractivity contribution in [3.05, 3.63) is 0 Å². The summed E-state index contributed by atoms with van der Waals surface area (Å²) in [6.45, 7) is 3.07. The third-order valence-electron chi connectivity index (χ3n) is 3.01. The highest BCUT2D eigenvalue weighted by Crippen LogP contribution is 2.42. The largest absolute Gasteiger partial charge is 0.314 e. The van der Waals surface area contributed by atoms with Crippen molar-refractivity contribution in [2.24, 2.45) is 5.41 Å². The van der Waals surface area contributed by atoms with E-state index in [1.165, 1.54) is 0 Å². The average Bonchev–Trinajstić information content (AvgIpc) is 2.10. The van der Waals surface area contributed by atoms with Gasteiger partial charge in [-0.3, -0.25) is 0 Å². The Kier molecular flexibility index (Phi) is 1.36. The molecule has 64 valence electrons. The summed E-state index contributed by atoms with van der Waals surface area (Å²) in [6.07, 6.45) is 1.04. The Balaban J connectivity index is 2.17. The standard InChI is InChI=1S/C7H13NO2S/c1-6-7(2-3-8-6)4-11(9,10)5-7/h6,8H,2-5H2,1H3. The van der Waals surface area contributed by atoms with Crippen LogP contribution in [0, 0.1) is 5.41 Å². The van der Waals surface area contributed by atoms with Gasteiger partial charge in [0.2, 0.25) is 0 Å². The topological polar surface area (TPSA) is 46.2 Å². The van der Waals surface area contributed by atoms with E-state index in [9.17, 15) is 8.42 Å². The highest BCUT2D eigenvalue weighted by atomic mass is 32.2. The van der Waals surface area contributed by atoms with E-state index in [1.54, 1.807) is 0 Å². The van der Waals surface area contributed by atoms with Crippen LogP contribution in [0.3, 0.4) is 0 Å². The molecule has 2 heterocycles. The van der Waals surface area contributed by atoms with Crippen LogP contribution in [0.4, 0.5) is 0 Å². The molecular weight excluding hydrogens is 162 g/mol. The minimum absolute atomic E-state index is 0.110. The van der Waals surface area contributed by atoms with Gasteiger partial charge in [-0.15, -0.1) is 0 Å². The molecule has 2 saturated heterocycles. The smallest absolute Gasteiger partial charge is 0.151 e. The summed E-state index contributed by atoms with van der Waals surface area (Å²) < 4.78 is 21.9. The highest BCUT2D eigenvalue weighted by Gasteiger charge is 2.53. The maximum atomic E-state index is 11.0. The second kappa shape index (κ2) is 1.98. The van der Waals surface area contributed by atoms with Gasteiger partial charge in [0.05, 0.1) is 11.5 Å². The maximum absolute atomic E-state index is 11.0. The molecule has 0 radical (unpaired) electrons. The molecule has 2 aliphatic heterocycles. The van der Waals surface area contributed by atoms with Crippen LogP contribution in [-0.4, -0.2) is 32.5 Å². The molecule has 0 bridgehead atoms. The molecule has 0 saturated carbocycles. The van der Waals surface area contributed by atoms with Gasteiger partial charge in [0, 0.05) is 11.5 Å². The van der Waals surface area contributed by atoms with Gasteiger partial charge in [-0.2, -0.15) is 0 Å². The first-order valence-corrected chi connectivity index (χ1v) is 5.80. The summed E-state index contributed by atoms with van der Waals surface area (Å²) in [4.78, 5) is 0. The van der Waals surface area contributed by atoms with Crippen LogP contribution in [0.25, 0.3) is 0 Å². The third kappa shape index (κ3) is 0.999. The van der Waals surface area contributed by atoms with E-state index in [2.05, 4.69) is 12.2 Å². The summed E-state index contributed by atoms with van der Waals surface area (Å²) in [5.41, 5.74) is 0.110. The SMILES string of the molecule is CC1NCCC12CS(=O)(=O)C2. The Morgan fingerprint density at radius 2 is 2.09 bits per heavy atom. The van der Waals surface area contributed by atoms with Crippen molar-refractivity contribution in [1.29, 1.82) is 0 Å². The van der Waals surface area contributed by atoms with Crippen LogP contribution in [0.1, 0.15) is 13.3 Å². The molecule has 1 N–H and O–H groups in total. The van der Waals surface area contributed by atoms with E-state index in [4.69, 9.17) is 0 Å². The quantitative estimate of drug-likeness (QED) is 0.554. The summed E-state index contributed by atoms with van der Waals surface area (Å²) in [6, 6.07) is 0.394. The van der Waals surface area contributed by atoms with E-state index in [1.807, 2.05) is 0 Å². The van der Waals surface area contributed by atoms with Gasteiger partial charge < -0.3 is 5.32 Å². The molecule has 4 heteroatoms. The Bertz CT molecular complexity index is 258. The van der Waals surface area contributed by atoms with Crippen molar-refractivity contribution in [3.63, 3.8) is 0 Å². The number of hydrogen-bond donors (Lipinski definition) is 1. The summed E-state index contributed by atoms with van der Waals surface area (Å²) in [7, 11) is -2.65. The van der Waals surface area contributed by atoms with Gasteiger partial charge in [0.15, 0.2) is 9.84 Å². The molecule has 1 unspecified atom stereocenters. The summed E-state index contributed by atoms with van der Waals surface area (Å²) in [5, 5.41) is 3.29. The monoisotopic (exact) mass is 175 g/mol. The van der Waals surface area contributed by atoms with Gasteiger partial charge >= 0.3 is 0 Å². The van der Waals surface area contributed by atoms with E-state index < -0.39 is 9.84 Å². The zero-order chi connectivity index (χ0) is 8.11. The van der Waals surface area contributed by atoms with Crippen LogP contribution in [0.15, 0.2) is 0 Å². The van der Waals surface area contributed by atoms with Crippen LogP contribution in [0.5, 0.6) is 0 Å². The van der Waals surface area contributed by atoms with Crippen molar-refractivity contribution < 1.29 is 8.42 Å². The third-order valence-corrected chi connectivity index (χ3v) is 5.04. The fourth-order valence-electron chi connectivity index (χ4n) is 2.20. The zero-order valence-electron chi connectivity index (χ0n) is 6.63. The Labute approximate surface area is 67.1 Å². The molecule has 2 rings (SSSR count). The Hall–Kier alpha value is -0.0900. The molecule has 11 heavy (non-hydrogen) atoms. The molecule has 0 aromatic heterocycles. The van der Waals surface area contributed by atoms with Crippen LogP contribution >= 0.6 is 0 Å². The molecule has 0 aromatic rings. The van der Waals surface area contributed by atoms with Gasteiger partial charge in [-0.25, -0.2) is 8.42 Å². The molecule has 0 aromatic carbocycles. The van der Waals surface area contributed by atoms with Crippen molar-refractivity contribution >= 4 is 9.84 Å². The minimum atomic E-state index is -2.65. The Morgan fingerprint density at radius 3 is 2.45 bits per heavy atom. The van der Waals surface area contributed by atoms with Gasteiger partial charge in [0.25, 0.3) is 0 Å². The molecule has 2 aliphatic rings. The lowest BCUT2D eigenvalue weighted by Gasteiger charge is -2.40. The van der Waals surface area contributed by atoms with Gasteiger partial charge in [-0.1, -0.05) is 0 Å². The molecule has 1 spiro atoms. The highest BCUT2D eigenvalue weighted by molar-refractivity contribution is 7.92. The second-order valence-electron chi connectivity index (χ2n) is 3.82. The molecule has 0 amide bonds. The first-order valence-electron chi connectivity index (χ1n) is 3.98. The van der Waals surface area contributed by atoms with E-state index >= 15 is 0 Å². The van der Waals surface area contributed by atoms with Crippen LogP contribution < -0.4 is 5.32 Å². The maximum Gasteiger partial charge on any atom is 0.151 e. The van der Waals surface area contributed by atoms with Crippen LogP contribution in [0.2, 0.25) is 0 Å². The lowest BCUT2D eigenvalue weighted by Crippen LogP contribution is -2.54. The van der Waals surface area contributed by atoms with Crippen molar-refractivity contribution in [3.8, 4) is 0 Å². The minimum Gasteiger partial charge on any atom is -0.314 e. The van der Waals surface area contributed by atoms with Crippen molar-refractivity contribution in [1.82, 2.24) is 5.32 Å². The summed E-state index contributed by atoms with van der Waals surface area (Å²) in [5.74, 6) is 0.822. The van der Waals surface area contributed by atoms with E-state index in [-0.39, 0.29) is 5.41 Å². The van der Waals surface area contributed by atoms with Crippen molar-refractivity contribution in [2.45, 2.75) is 19.4 Å². The number of nitrogens with one attached hydrogen (secondary N) is 1. The lowest BCUT2D eigenvalue weighted by atomic mass is 9.84. The van der Waals surface area contributed by atoms with Gasteiger partial charge in [-0.05, 0) is 19.9 Å². The molecule has 3 nitrogen and oxygen atoms in total. The number of rotatable bonds is 0. The zero-order valence-corrected chi connectivity index (χ0v) is 7.45. The number of hydrogen-bond acceptors (Lipinski definition) is 3. The normalized spacial score (nSPS) is 38.8. The number of sulfone groups is 1. The first-order chi connectivity index (χ1) is 5.04.